The van der Waals surface area contributed by atoms with Crippen molar-refractivity contribution >= 4 is 58.0 Å². The van der Waals surface area contributed by atoms with E-state index < -0.39 is 0 Å². The number of morpholine rings is 1. The van der Waals surface area contributed by atoms with Crippen LogP contribution in [-0.2, 0) is 4.74 Å². The van der Waals surface area contributed by atoms with Crippen molar-refractivity contribution in [2.24, 2.45) is 5.73 Å². The summed E-state index contributed by atoms with van der Waals surface area (Å²) in [5.41, 5.74) is 5.34. The number of hydrogen-bond acceptors (Lipinski definition) is 4. The van der Waals surface area contributed by atoms with E-state index in [4.69, 9.17) is 22.7 Å². The molecule has 0 saturated carbocycles. The third-order valence-electron chi connectivity index (χ3n) is 1.19. The molecule has 1 rings (SSSR count). The average Bonchev–Trinajstić information content (AvgIpc) is 1.88. The van der Waals surface area contributed by atoms with Crippen LogP contribution in [0.4, 0.5) is 0 Å². The molecule has 2 N–H and O–H groups in total. The summed E-state index contributed by atoms with van der Waals surface area (Å²) in [4.78, 5) is 0. The van der Waals surface area contributed by atoms with E-state index in [2.05, 4.69) is 4.31 Å². The summed E-state index contributed by atoms with van der Waals surface area (Å²) in [6.45, 7) is 3.41. The van der Waals surface area contributed by atoms with E-state index in [0.717, 1.165) is 26.3 Å². The molecule has 0 amide bonds. The van der Waals surface area contributed by atoms with E-state index in [0.29, 0.717) is 4.32 Å². The third kappa shape index (κ3) is 5.41. The monoisotopic (exact) mass is 202 g/mol. The number of hydrogen-bond donors (Lipinski definition) is 1. The Morgan fingerprint density at radius 1 is 1.45 bits per heavy atom. The fourth-order valence-electron chi connectivity index (χ4n) is 0.765. The number of ether oxygens (including phenoxy) is 1. The molecule has 0 radical (unpaired) electrons. The first-order chi connectivity index (χ1) is 4.79. The van der Waals surface area contributed by atoms with Gasteiger partial charge in [0.05, 0.1) is 13.2 Å². The summed E-state index contributed by atoms with van der Waals surface area (Å²) in [5, 5.41) is 0. The van der Waals surface area contributed by atoms with Crippen LogP contribution in [0.3, 0.4) is 0 Å². The summed E-state index contributed by atoms with van der Waals surface area (Å²) >= 11 is 6.17. The molecular weight excluding hydrogens is 191 g/mol. The molecule has 1 fully saturated rings. The van der Waals surface area contributed by atoms with Crippen molar-refractivity contribution in [2.45, 2.75) is 0 Å². The predicted molar refractivity (Wildman–Crippen MR) is 53.9 cm³/mol. The van der Waals surface area contributed by atoms with E-state index >= 15 is 0 Å². The molecule has 0 unspecified atom stereocenters. The van der Waals surface area contributed by atoms with E-state index in [1.54, 1.807) is 0 Å². The minimum atomic E-state index is 0. The summed E-state index contributed by atoms with van der Waals surface area (Å²) < 4.78 is 7.75. The van der Waals surface area contributed by atoms with Crippen LogP contribution >= 0.6 is 24.2 Å². The zero-order valence-corrected chi connectivity index (χ0v) is 7.21. The summed E-state index contributed by atoms with van der Waals surface area (Å²) in [6, 6.07) is 0. The molecule has 0 aromatic heterocycles. The molecule has 0 spiro atoms. The Kier molecular flexibility index (Phi) is 7.35. The molecule has 0 bridgehead atoms. The van der Waals surface area contributed by atoms with Gasteiger partial charge < -0.3 is 10.5 Å². The van der Waals surface area contributed by atoms with Gasteiger partial charge in [0, 0.05) is 13.1 Å². The van der Waals surface area contributed by atoms with Crippen LogP contribution in [0.15, 0.2) is 0 Å². The first-order valence-corrected chi connectivity index (χ1v) is 4.27. The molecule has 1 saturated heterocycles. The van der Waals surface area contributed by atoms with Gasteiger partial charge in [-0.1, -0.05) is 12.2 Å². The van der Waals surface area contributed by atoms with Gasteiger partial charge in [0.2, 0.25) is 0 Å². The van der Waals surface area contributed by atoms with E-state index in [1.165, 1.54) is 11.9 Å². The van der Waals surface area contributed by atoms with E-state index in [1.807, 2.05) is 0 Å². The fraction of sp³-hybridized carbons (Fsp3) is 0.800. The summed E-state index contributed by atoms with van der Waals surface area (Å²) in [7, 11) is 0. The van der Waals surface area contributed by atoms with Gasteiger partial charge in [0.15, 0.2) is 0 Å². The van der Waals surface area contributed by atoms with Crippen LogP contribution in [0.25, 0.3) is 0 Å². The topological polar surface area (TPSA) is 38.5 Å². The van der Waals surface area contributed by atoms with Gasteiger partial charge >= 0.3 is 29.6 Å². The van der Waals surface area contributed by atoms with Crippen LogP contribution in [0, 0.1) is 0 Å². The molecule has 6 heteroatoms. The Morgan fingerprint density at radius 3 is 2.45 bits per heavy atom. The molecule has 0 atom stereocenters. The van der Waals surface area contributed by atoms with E-state index in [9.17, 15) is 0 Å². The summed E-state index contributed by atoms with van der Waals surface area (Å²) in [6.07, 6.45) is 0. The van der Waals surface area contributed by atoms with Crippen molar-refractivity contribution in [3.8, 4) is 0 Å². The molecule has 0 aromatic rings. The van der Waals surface area contributed by atoms with Gasteiger partial charge in [-0.25, -0.2) is 4.31 Å². The molecule has 1 aliphatic heterocycles. The SMILES string of the molecule is NC(=S)SN1CCOCC1.[NaH]. The van der Waals surface area contributed by atoms with Gasteiger partial charge in [-0.3, -0.25) is 0 Å². The van der Waals surface area contributed by atoms with Crippen molar-refractivity contribution in [2.75, 3.05) is 26.3 Å². The fourth-order valence-corrected chi connectivity index (χ4v) is 1.67. The predicted octanol–water partition coefficient (Wildman–Crippen LogP) is -0.438. The van der Waals surface area contributed by atoms with Crippen molar-refractivity contribution < 1.29 is 4.74 Å². The van der Waals surface area contributed by atoms with Gasteiger partial charge in [-0.05, 0) is 11.9 Å². The first-order valence-electron chi connectivity index (χ1n) is 3.09. The number of thiocarbonyl (C=S) groups is 1. The third-order valence-corrected chi connectivity index (χ3v) is 2.22. The number of nitrogens with two attached hydrogens (primary N) is 1. The van der Waals surface area contributed by atoms with Crippen LogP contribution in [0.2, 0.25) is 0 Å². The maximum absolute atomic E-state index is 5.34. The zero-order chi connectivity index (χ0) is 7.40. The second-order valence-electron chi connectivity index (χ2n) is 1.95. The quantitative estimate of drug-likeness (QED) is 0.354. The molecule has 0 aliphatic carbocycles. The van der Waals surface area contributed by atoms with Gasteiger partial charge in [0.1, 0.15) is 4.32 Å². The first kappa shape index (κ1) is 12.2. The normalized spacial score (nSPS) is 18.9. The Hall–Kier alpha value is 1.16. The van der Waals surface area contributed by atoms with Crippen LogP contribution in [-0.4, -0.2) is 64.5 Å². The minimum absolute atomic E-state index is 0. The van der Waals surface area contributed by atoms with E-state index in [-0.39, 0.29) is 29.6 Å². The van der Waals surface area contributed by atoms with Crippen molar-refractivity contribution in [3.63, 3.8) is 0 Å². The standard InChI is InChI=1S/C5H10N2OS2.Na.H/c6-5(9)10-7-1-3-8-4-2-7;;/h1-4H2,(H2,6,9);;. The van der Waals surface area contributed by atoms with Gasteiger partial charge in [-0.2, -0.15) is 0 Å². The Bertz CT molecular complexity index is 130. The zero-order valence-electron chi connectivity index (χ0n) is 5.58. The molecule has 1 aliphatic rings. The molecular formula is C5H11N2NaOS2. The van der Waals surface area contributed by atoms with Gasteiger partial charge in [-0.15, -0.1) is 0 Å². The summed E-state index contributed by atoms with van der Waals surface area (Å²) in [5.74, 6) is 0. The van der Waals surface area contributed by atoms with Gasteiger partial charge in [0.25, 0.3) is 0 Å². The second-order valence-corrected chi connectivity index (χ2v) is 3.79. The van der Waals surface area contributed by atoms with Crippen LogP contribution in [0.1, 0.15) is 0 Å². The average molecular weight is 202 g/mol. The second kappa shape index (κ2) is 6.65. The van der Waals surface area contributed by atoms with Crippen LogP contribution in [0.5, 0.6) is 0 Å². The number of nitrogens with zero attached hydrogens (tertiary/aromatic N) is 1. The molecule has 1 heterocycles. The number of rotatable bonds is 1. The maximum atomic E-state index is 5.34. The molecule has 11 heavy (non-hydrogen) atoms. The Labute approximate surface area is 98.4 Å². The Morgan fingerprint density at radius 2 is 2.00 bits per heavy atom. The molecule has 0 aromatic carbocycles. The Balaban J connectivity index is 0.000001000. The van der Waals surface area contributed by atoms with Crippen molar-refractivity contribution in [3.05, 3.63) is 0 Å². The van der Waals surface area contributed by atoms with Crippen molar-refractivity contribution in [1.29, 1.82) is 0 Å². The molecule has 60 valence electrons. The van der Waals surface area contributed by atoms with Crippen LogP contribution < -0.4 is 5.73 Å². The van der Waals surface area contributed by atoms with Crippen molar-refractivity contribution in [1.82, 2.24) is 4.31 Å². The molecule has 3 nitrogen and oxygen atoms in total.